The zero-order valence-electron chi connectivity index (χ0n) is 6.38. The van der Waals surface area contributed by atoms with E-state index in [1.165, 1.54) is 0 Å². The molecule has 0 aliphatic carbocycles. The van der Waals surface area contributed by atoms with Gasteiger partial charge >= 0.3 is 0 Å². The maximum atomic E-state index is 5.86. The first-order chi connectivity index (χ1) is 4.84. The fourth-order valence-corrected chi connectivity index (χ4v) is 2.12. The van der Waals surface area contributed by atoms with Crippen LogP contribution in [0.3, 0.4) is 0 Å². The van der Waals surface area contributed by atoms with Crippen molar-refractivity contribution in [3.8, 4) is 0 Å². The van der Waals surface area contributed by atoms with Gasteiger partial charge in [-0.25, -0.2) is 0 Å². The summed E-state index contributed by atoms with van der Waals surface area (Å²) in [6.07, 6.45) is 1.03. The van der Waals surface area contributed by atoms with Crippen LogP contribution in [-0.4, -0.2) is 30.3 Å². The van der Waals surface area contributed by atoms with Crippen molar-refractivity contribution in [2.45, 2.75) is 24.6 Å². The third kappa shape index (κ3) is 2.15. The van der Waals surface area contributed by atoms with Crippen molar-refractivity contribution >= 4 is 11.8 Å². The summed E-state index contributed by atoms with van der Waals surface area (Å²) in [5.74, 6) is 1.14. The van der Waals surface area contributed by atoms with Crippen LogP contribution >= 0.6 is 11.8 Å². The fraction of sp³-hybridized carbons (Fsp3) is 1.00. The minimum atomic E-state index is 0.360. The molecule has 2 unspecified atom stereocenters. The predicted octanol–water partition coefficient (Wildman–Crippen LogP) is 0.856. The van der Waals surface area contributed by atoms with Gasteiger partial charge in [0.1, 0.15) is 0 Å². The molecule has 0 aromatic rings. The smallest absolute Gasteiger partial charge is 0.0600 e. The summed E-state index contributed by atoms with van der Waals surface area (Å²) >= 11 is 1.91. The Morgan fingerprint density at radius 2 is 2.50 bits per heavy atom. The summed E-state index contributed by atoms with van der Waals surface area (Å²) in [7, 11) is 0. The third-order valence-corrected chi connectivity index (χ3v) is 2.98. The van der Waals surface area contributed by atoms with Crippen LogP contribution in [0.4, 0.5) is 0 Å². The SMILES string of the molecule is CCSC1COCCC1N. The highest BCUT2D eigenvalue weighted by molar-refractivity contribution is 7.99. The first kappa shape index (κ1) is 8.37. The molecule has 0 amide bonds. The highest BCUT2D eigenvalue weighted by Crippen LogP contribution is 2.19. The van der Waals surface area contributed by atoms with Crippen molar-refractivity contribution in [3.63, 3.8) is 0 Å². The van der Waals surface area contributed by atoms with E-state index in [9.17, 15) is 0 Å². The molecule has 2 atom stereocenters. The number of hydrogen-bond donors (Lipinski definition) is 1. The minimum Gasteiger partial charge on any atom is -0.380 e. The average molecular weight is 161 g/mol. The molecule has 1 rings (SSSR count). The maximum Gasteiger partial charge on any atom is 0.0600 e. The van der Waals surface area contributed by atoms with E-state index in [1.54, 1.807) is 0 Å². The van der Waals surface area contributed by atoms with Crippen LogP contribution in [0.2, 0.25) is 0 Å². The van der Waals surface area contributed by atoms with Gasteiger partial charge in [-0.3, -0.25) is 0 Å². The van der Waals surface area contributed by atoms with Crippen LogP contribution in [0.15, 0.2) is 0 Å². The Balaban J connectivity index is 2.25. The lowest BCUT2D eigenvalue weighted by molar-refractivity contribution is 0.0916. The quantitative estimate of drug-likeness (QED) is 0.652. The van der Waals surface area contributed by atoms with Gasteiger partial charge in [-0.15, -0.1) is 0 Å². The van der Waals surface area contributed by atoms with Gasteiger partial charge in [0.15, 0.2) is 0 Å². The molecule has 1 fully saturated rings. The van der Waals surface area contributed by atoms with E-state index in [0.717, 1.165) is 25.4 Å². The highest BCUT2D eigenvalue weighted by Gasteiger charge is 2.21. The van der Waals surface area contributed by atoms with Gasteiger partial charge in [-0.2, -0.15) is 11.8 Å². The molecule has 1 saturated heterocycles. The van der Waals surface area contributed by atoms with E-state index in [1.807, 2.05) is 11.8 Å². The summed E-state index contributed by atoms with van der Waals surface area (Å²) in [5.41, 5.74) is 5.86. The number of thioether (sulfide) groups is 1. The molecule has 0 aromatic heterocycles. The number of hydrogen-bond acceptors (Lipinski definition) is 3. The Labute approximate surface area is 66.5 Å². The van der Waals surface area contributed by atoms with Gasteiger partial charge in [0.05, 0.1) is 6.61 Å². The van der Waals surface area contributed by atoms with Crippen LogP contribution in [0.1, 0.15) is 13.3 Å². The van der Waals surface area contributed by atoms with Crippen molar-refractivity contribution in [1.29, 1.82) is 0 Å². The van der Waals surface area contributed by atoms with E-state index < -0.39 is 0 Å². The summed E-state index contributed by atoms with van der Waals surface area (Å²) < 4.78 is 5.30. The van der Waals surface area contributed by atoms with Crippen LogP contribution in [0, 0.1) is 0 Å². The molecule has 60 valence electrons. The highest BCUT2D eigenvalue weighted by atomic mass is 32.2. The standard InChI is InChI=1S/C7H15NOS/c1-2-10-7-5-9-4-3-6(7)8/h6-7H,2-5,8H2,1H3. The first-order valence-corrected chi connectivity index (χ1v) is 4.84. The molecule has 0 aromatic carbocycles. The van der Waals surface area contributed by atoms with Gasteiger partial charge in [0.2, 0.25) is 0 Å². The molecule has 0 bridgehead atoms. The van der Waals surface area contributed by atoms with Crippen LogP contribution in [-0.2, 0) is 4.74 Å². The van der Waals surface area contributed by atoms with Gasteiger partial charge in [0.25, 0.3) is 0 Å². The van der Waals surface area contributed by atoms with Crippen LogP contribution in [0.25, 0.3) is 0 Å². The van der Waals surface area contributed by atoms with E-state index in [2.05, 4.69) is 6.92 Å². The van der Waals surface area contributed by atoms with Gasteiger partial charge < -0.3 is 10.5 Å². The fourth-order valence-electron chi connectivity index (χ4n) is 1.11. The molecular weight excluding hydrogens is 146 g/mol. The number of rotatable bonds is 2. The second-order valence-electron chi connectivity index (χ2n) is 2.52. The Morgan fingerprint density at radius 3 is 3.10 bits per heavy atom. The molecule has 1 heterocycles. The van der Waals surface area contributed by atoms with Crippen LogP contribution in [0.5, 0.6) is 0 Å². The summed E-state index contributed by atoms with van der Waals surface area (Å²) in [5, 5.41) is 0.541. The lowest BCUT2D eigenvalue weighted by Gasteiger charge is -2.27. The van der Waals surface area contributed by atoms with Gasteiger partial charge in [-0.05, 0) is 12.2 Å². The first-order valence-electron chi connectivity index (χ1n) is 3.79. The molecule has 1 aliphatic rings. The summed E-state index contributed by atoms with van der Waals surface area (Å²) in [6, 6.07) is 0.360. The topological polar surface area (TPSA) is 35.2 Å². The monoisotopic (exact) mass is 161 g/mol. The number of nitrogens with two attached hydrogens (primary N) is 1. The largest absolute Gasteiger partial charge is 0.380 e. The molecule has 3 heteroatoms. The minimum absolute atomic E-state index is 0.360. The lowest BCUT2D eigenvalue weighted by Crippen LogP contribution is -2.40. The summed E-state index contributed by atoms with van der Waals surface area (Å²) in [6.45, 7) is 3.85. The van der Waals surface area contributed by atoms with Crippen molar-refractivity contribution in [2.24, 2.45) is 5.73 Å². The number of ether oxygens (including phenoxy) is 1. The van der Waals surface area contributed by atoms with Crippen molar-refractivity contribution in [3.05, 3.63) is 0 Å². The molecule has 0 radical (unpaired) electrons. The molecule has 0 spiro atoms. The third-order valence-electron chi connectivity index (χ3n) is 1.74. The van der Waals surface area contributed by atoms with Gasteiger partial charge in [-0.1, -0.05) is 6.92 Å². The molecule has 2 nitrogen and oxygen atoms in total. The van der Waals surface area contributed by atoms with Crippen LogP contribution < -0.4 is 5.73 Å². The van der Waals surface area contributed by atoms with Gasteiger partial charge in [0, 0.05) is 17.9 Å². The Hall–Kier alpha value is 0.270. The van der Waals surface area contributed by atoms with E-state index >= 15 is 0 Å². The van der Waals surface area contributed by atoms with E-state index in [4.69, 9.17) is 10.5 Å². The van der Waals surface area contributed by atoms with E-state index in [0.29, 0.717) is 11.3 Å². The Bertz CT molecular complexity index is 97.6. The predicted molar refractivity (Wildman–Crippen MR) is 45.3 cm³/mol. The Morgan fingerprint density at radius 1 is 1.70 bits per heavy atom. The molecule has 2 N–H and O–H groups in total. The lowest BCUT2D eigenvalue weighted by atomic mass is 10.1. The second kappa shape index (κ2) is 4.21. The van der Waals surface area contributed by atoms with E-state index in [-0.39, 0.29) is 0 Å². The Kier molecular flexibility index (Phi) is 3.52. The average Bonchev–Trinajstić information content (AvgIpc) is 1.94. The maximum absolute atomic E-state index is 5.86. The molecule has 0 saturated carbocycles. The molecule has 10 heavy (non-hydrogen) atoms. The summed E-state index contributed by atoms with van der Waals surface area (Å²) in [4.78, 5) is 0. The zero-order chi connectivity index (χ0) is 7.40. The van der Waals surface area contributed by atoms with Crippen molar-refractivity contribution < 1.29 is 4.74 Å². The molecule has 1 aliphatic heterocycles. The second-order valence-corrected chi connectivity index (χ2v) is 4.04. The normalized spacial score (nSPS) is 34.2. The van der Waals surface area contributed by atoms with Crippen molar-refractivity contribution in [1.82, 2.24) is 0 Å². The molecular formula is C7H15NOS. The van der Waals surface area contributed by atoms with Crippen molar-refractivity contribution in [2.75, 3.05) is 19.0 Å². The zero-order valence-corrected chi connectivity index (χ0v) is 7.19.